The van der Waals surface area contributed by atoms with Crippen LogP contribution in [0, 0.1) is 0 Å². The van der Waals surface area contributed by atoms with Gasteiger partial charge in [-0.05, 0) is 37.6 Å². The molecule has 4 aromatic rings. The molecule has 2 heterocycles. The Hall–Kier alpha value is -3.57. The van der Waals surface area contributed by atoms with Crippen LogP contribution in [0.4, 0.5) is 13.2 Å². The second kappa shape index (κ2) is 9.23. The topological polar surface area (TPSA) is 112 Å². The van der Waals surface area contributed by atoms with E-state index in [9.17, 15) is 21.6 Å². The Morgan fingerprint density at radius 2 is 1.66 bits per heavy atom. The van der Waals surface area contributed by atoms with Crippen LogP contribution in [0.1, 0.15) is 25.0 Å². The third-order valence-electron chi connectivity index (χ3n) is 5.40. The summed E-state index contributed by atoms with van der Waals surface area (Å²) in [5, 5.41) is 3.26. The normalized spacial score (nSPS) is 12.3. The summed E-state index contributed by atoms with van der Waals surface area (Å²) in [6.45, 7) is 3.18. The molecule has 35 heavy (non-hydrogen) atoms. The summed E-state index contributed by atoms with van der Waals surface area (Å²) in [4.78, 5) is 8.79. The summed E-state index contributed by atoms with van der Waals surface area (Å²) in [6.07, 6.45) is -1.72. The van der Waals surface area contributed by atoms with E-state index in [1.54, 1.807) is 26.0 Å². The number of nitrogens with zero attached hydrogens (tertiary/aromatic N) is 3. The van der Waals surface area contributed by atoms with E-state index >= 15 is 0 Å². The highest BCUT2D eigenvalue weighted by molar-refractivity contribution is 7.92. The summed E-state index contributed by atoms with van der Waals surface area (Å²) in [5.41, 5.74) is 6.11. The van der Waals surface area contributed by atoms with E-state index in [2.05, 4.69) is 15.1 Å². The predicted molar refractivity (Wildman–Crippen MR) is 124 cm³/mol. The number of hydrogen-bond acceptors (Lipinski definition) is 7. The van der Waals surface area contributed by atoms with Crippen LogP contribution >= 0.6 is 0 Å². The number of hydrogen-bond donors (Lipinski definition) is 1. The summed E-state index contributed by atoms with van der Waals surface area (Å²) >= 11 is 0. The molecule has 0 amide bonds. The van der Waals surface area contributed by atoms with Crippen molar-refractivity contribution in [3.05, 3.63) is 72.1 Å². The highest BCUT2D eigenvalue weighted by Gasteiger charge is 2.34. The van der Waals surface area contributed by atoms with Gasteiger partial charge in [-0.3, -0.25) is 4.98 Å². The molecular weight excluding hydrogens is 481 g/mol. The zero-order valence-corrected chi connectivity index (χ0v) is 19.6. The minimum absolute atomic E-state index is 0.00801. The maximum Gasteiger partial charge on any atom is 0.417 e. The number of benzene rings is 2. The van der Waals surface area contributed by atoms with E-state index in [0.29, 0.717) is 16.8 Å². The van der Waals surface area contributed by atoms with Gasteiger partial charge in [0.1, 0.15) is 11.4 Å². The molecule has 0 saturated heterocycles. The highest BCUT2D eigenvalue weighted by atomic mass is 32.2. The molecule has 2 N–H and O–H groups in total. The lowest BCUT2D eigenvalue weighted by atomic mass is 10.0. The fraction of sp³-hybridized carbons (Fsp3) is 0.208. The third kappa shape index (κ3) is 4.96. The zero-order valence-electron chi connectivity index (χ0n) is 18.7. The molecule has 0 fully saturated rings. The lowest BCUT2D eigenvalue weighted by Crippen LogP contribution is -2.13. The Bertz CT molecular complexity index is 1460. The second-order valence-corrected chi connectivity index (χ2v) is 10.6. The molecule has 0 atom stereocenters. The van der Waals surface area contributed by atoms with Crippen molar-refractivity contribution in [3.63, 3.8) is 0 Å². The molecule has 2 aromatic carbocycles. The van der Waals surface area contributed by atoms with Crippen LogP contribution in [0.25, 0.3) is 34.0 Å². The highest BCUT2D eigenvalue weighted by Crippen LogP contribution is 2.38. The fourth-order valence-corrected chi connectivity index (χ4v) is 4.47. The second-order valence-electron chi connectivity index (χ2n) is 8.07. The number of rotatable bonds is 6. The number of sulfone groups is 1. The largest absolute Gasteiger partial charge is 0.417 e. The predicted octanol–water partition coefficient (Wildman–Crippen LogP) is 5.13. The molecule has 0 aliphatic carbocycles. The van der Waals surface area contributed by atoms with Crippen LogP contribution in [-0.2, 0) is 22.6 Å². The minimum Gasteiger partial charge on any atom is -0.354 e. The van der Waals surface area contributed by atoms with Crippen molar-refractivity contribution >= 4 is 9.84 Å². The van der Waals surface area contributed by atoms with E-state index in [4.69, 9.17) is 10.3 Å². The molecule has 7 nitrogen and oxygen atoms in total. The van der Waals surface area contributed by atoms with Gasteiger partial charge in [-0.2, -0.15) is 13.2 Å². The Balaban J connectivity index is 1.67. The quantitative estimate of drug-likeness (QED) is 0.389. The van der Waals surface area contributed by atoms with Crippen molar-refractivity contribution in [2.45, 2.75) is 36.7 Å². The maximum atomic E-state index is 13.6. The lowest BCUT2D eigenvalue weighted by Gasteiger charge is -2.12. The monoisotopic (exact) mass is 502 g/mol. The average Bonchev–Trinajstić information content (AvgIpc) is 3.33. The Labute approximate surface area is 199 Å². The molecule has 0 saturated carbocycles. The van der Waals surface area contributed by atoms with Crippen LogP contribution < -0.4 is 5.73 Å². The van der Waals surface area contributed by atoms with E-state index in [1.807, 2.05) is 0 Å². The Morgan fingerprint density at radius 1 is 0.971 bits per heavy atom. The summed E-state index contributed by atoms with van der Waals surface area (Å²) in [7, 11) is -3.42. The summed E-state index contributed by atoms with van der Waals surface area (Å²) < 4.78 is 70.8. The van der Waals surface area contributed by atoms with Gasteiger partial charge in [-0.1, -0.05) is 29.4 Å². The van der Waals surface area contributed by atoms with Gasteiger partial charge in [0.15, 0.2) is 15.6 Å². The van der Waals surface area contributed by atoms with E-state index in [-0.39, 0.29) is 34.2 Å². The van der Waals surface area contributed by atoms with Crippen molar-refractivity contribution in [1.29, 1.82) is 0 Å². The lowest BCUT2D eigenvalue weighted by molar-refractivity contribution is -0.137. The fourth-order valence-electron chi connectivity index (χ4n) is 3.41. The van der Waals surface area contributed by atoms with Gasteiger partial charge in [0.25, 0.3) is 0 Å². The first-order valence-electron chi connectivity index (χ1n) is 10.5. The molecule has 0 bridgehead atoms. The van der Waals surface area contributed by atoms with Crippen molar-refractivity contribution in [3.8, 4) is 34.0 Å². The number of halogens is 3. The van der Waals surface area contributed by atoms with E-state index in [0.717, 1.165) is 6.07 Å². The molecule has 0 aliphatic heterocycles. The van der Waals surface area contributed by atoms with E-state index < -0.39 is 26.8 Å². The van der Waals surface area contributed by atoms with Gasteiger partial charge in [0, 0.05) is 23.7 Å². The average molecular weight is 503 g/mol. The number of aromatic nitrogens is 3. The molecule has 0 aliphatic rings. The smallest absolute Gasteiger partial charge is 0.354 e. The number of nitrogens with two attached hydrogens (primary N) is 1. The van der Waals surface area contributed by atoms with Crippen LogP contribution in [0.2, 0.25) is 0 Å². The zero-order chi connectivity index (χ0) is 25.4. The molecule has 0 unspecified atom stereocenters. The molecular formula is C24H21F3N4O3S. The Kier molecular flexibility index (Phi) is 6.48. The molecule has 2 aromatic heterocycles. The van der Waals surface area contributed by atoms with E-state index in [1.165, 1.54) is 42.7 Å². The molecule has 11 heteroatoms. The van der Waals surface area contributed by atoms with Gasteiger partial charge in [-0.25, -0.2) is 13.4 Å². The van der Waals surface area contributed by atoms with Crippen molar-refractivity contribution in [2.75, 3.05) is 0 Å². The Morgan fingerprint density at radius 3 is 2.29 bits per heavy atom. The van der Waals surface area contributed by atoms with Crippen LogP contribution in [0.5, 0.6) is 0 Å². The van der Waals surface area contributed by atoms with Gasteiger partial charge in [0.2, 0.25) is 0 Å². The first-order chi connectivity index (χ1) is 16.5. The van der Waals surface area contributed by atoms with Crippen LogP contribution in [0.15, 0.2) is 70.3 Å². The molecule has 0 spiro atoms. The van der Waals surface area contributed by atoms with Gasteiger partial charge in [0.05, 0.1) is 33.8 Å². The van der Waals surface area contributed by atoms with Crippen molar-refractivity contribution < 1.29 is 26.1 Å². The minimum atomic E-state index is -4.60. The van der Waals surface area contributed by atoms with Gasteiger partial charge >= 0.3 is 6.18 Å². The van der Waals surface area contributed by atoms with Crippen LogP contribution in [0.3, 0.4) is 0 Å². The third-order valence-corrected chi connectivity index (χ3v) is 7.57. The van der Waals surface area contributed by atoms with Crippen molar-refractivity contribution in [2.24, 2.45) is 5.73 Å². The first-order valence-corrected chi connectivity index (χ1v) is 12.1. The molecule has 182 valence electrons. The molecule has 4 rings (SSSR count). The van der Waals surface area contributed by atoms with Gasteiger partial charge in [-0.15, -0.1) is 0 Å². The maximum absolute atomic E-state index is 13.6. The van der Waals surface area contributed by atoms with Crippen LogP contribution in [-0.4, -0.2) is 28.8 Å². The SMILES string of the molecule is CC(C)S(=O)(=O)c1ccc(-c2cncc(-c3cc(-c4ccc(CN)cc4C(F)(F)F)no3)n2)cc1. The standard InChI is InChI=1S/C24H21F3N4O3S/c1-14(2)35(32,33)17-6-4-16(5-7-17)21-12-29-13-22(30-21)23-10-20(31-34-23)18-8-3-15(11-28)9-19(18)24(25,26)27/h3-10,12-14H,11,28H2,1-2H3. The first kappa shape index (κ1) is 24.6. The number of alkyl halides is 3. The van der Waals surface area contributed by atoms with Crippen molar-refractivity contribution in [1.82, 2.24) is 15.1 Å². The summed E-state index contributed by atoms with van der Waals surface area (Å²) in [6, 6.07) is 11.4. The summed E-state index contributed by atoms with van der Waals surface area (Å²) in [5.74, 6) is 0.129. The molecule has 0 radical (unpaired) electrons. The van der Waals surface area contributed by atoms with Gasteiger partial charge < -0.3 is 10.3 Å².